The number of rotatable bonds is 8. The van der Waals surface area contributed by atoms with Gasteiger partial charge >= 0.3 is 0 Å². The van der Waals surface area contributed by atoms with Gasteiger partial charge in [0.15, 0.2) is 0 Å². The van der Waals surface area contributed by atoms with Crippen LogP contribution in [0.4, 0.5) is 17.3 Å². The molecule has 1 unspecified atom stereocenters. The number of hydrogen-bond donors (Lipinski definition) is 2. The lowest BCUT2D eigenvalue weighted by Crippen LogP contribution is -2.48. The Bertz CT molecular complexity index is 2050. The van der Waals surface area contributed by atoms with Gasteiger partial charge in [0.05, 0.1) is 11.2 Å². The highest BCUT2D eigenvalue weighted by atomic mass is 16.2. The Labute approximate surface area is 286 Å². The zero-order valence-corrected chi connectivity index (χ0v) is 27.8. The Morgan fingerprint density at radius 3 is 2.47 bits per heavy atom. The number of nitrogens with zero attached hydrogens (tertiary/aromatic N) is 5. The number of hydrogen-bond acceptors (Lipinski definition) is 7. The summed E-state index contributed by atoms with van der Waals surface area (Å²) in [6, 6.07) is 24.8. The Morgan fingerprint density at radius 2 is 1.69 bits per heavy atom. The zero-order valence-electron chi connectivity index (χ0n) is 27.8. The Morgan fingerprint density at radius 1 is 0.898 bits per heavy atom. The van der Waals surface area contributed by atoms with Crippen LogP contribution in [0.15, 0.2) is 109 Å². The lowest BCUT2D eigenvalue weighted by molar-refractivity contribution is 0.0628. The predicted molar refractivity (Wildman–Crippen MR) is 195 cm³/mol. The van der Waals surface area contributed by atoms with Crippen molar-refractivity contribution in [1.29, 1.82) is 0 Å². The molecule has 1 fully saturated rings. The molecule has 3 heterocycles. The molecule has 1 saturated heterocycles. The van der Waals surface area contributed by atoms with E-state index in [-0.39, 0.29) is 11.8 Å². The van der Waals surface area contributed by atoms with Crippen LogP contribution < -0.4 is 10.6 Å². The van der Waals surface area contributed by atoms with Gasteiger partial charge in [0.1, 0.15) is 0 Å². The number of piperazine rings is 1. The van der Waals surface area contributed by atoms with E-state index in [4.69, 9.17) is 9.97 Å². The molecule has 9 heteroatoms. The van der Waals surface area contributed by atoms with Gasteiger partial charge in [-0.3, -0.25) is 19.5 Å². The molecule has 2 aliphatic rings. The van der Waals surface area contributed by atoms with E-state index >= 15 is 0 Å². The number of nitrogens with one attached hydrogen (secondary N) is 2. The number of para-hydroxylation sites is 1. The van der Waals surface area contributed by atoms with E-state index in [0.29, 0.717) is 41.8 Å². The molecule has 2 amide bonds. The summed E-state index contributed by atoms with van der Waals surface area (Å²) in [4.78, 5) is 44.9. The molecule has 246 valence electrons. The monoisotopic (exact) mass is 649 g/mol. The van der Waals surface area contributed by atoms with Crippen LogP contribution in [-0.2, 0) is 6.54 Å². The minimum absolute atomic E-state index is 0.0308. The number of fused-ring (bicyclic) bond motifs is 1. The third-order valence-electron chi connectivity index (χ3n) is 9.11. The summed E-state index contributed by atoms with van der Waals surface area (Å²) in [5, 5.41) is 7.37. The number of pyridine rings is 1. The van der Waals surface area contributed by atoms with Crippen LogP contribution in [0, 0.1) is 12.8 Å². The van der Waals surface area contributed by atoms with Gasteiger partial charge in [-0.1, -0.05) is 55.5 Å². The fourth-order valence-electron chi connectivity index (χ4n) is 6.36. The first-order chi connectivity index (χ1) is 23.9. The molecule has 2 aromatic heterocycles. The molecule has 0 bridgehead atoms. The second kappa shape index (κ2) is 14.2. The number of carbonyl (C=O) groups excluding carboxylic acids is 2. The lowest BCUT2D eigenvalue weighted by atomic mass is 9.92. The first-order valence-electron chi connectivity index (χ1n) is 16.7. The highest BCUT2D eigenvalue weighted by Gasteiger charge is 2.23. The van der Waals surface area contributed by atoms with Gasteiger partial charge < -0.3 is 15.5 Å². The van der Waals surface area contributed by atoms with Crippen molar-refractivity contribution in [1.82, 2.24) is 24.8 Å². The van der Waals surface area contributed by atoms with Crippen LogP contribution in [0.1, 0.15) is 50.9 Å². The van der Waals surface area contributed by atoms with Crippen molar-refractivity contribution in [3.63, 3.8) is 0 Å². The van der Waals surface area contributed by atoms with E-state index in [1.54, 1.807) is 24.4 Å². The van der Waals surface area contributed by atoms with Crippen LogP contribution in [0.3, 0.4) is 0 Å². The van der Waals surface area contributed by atoms with Crippen molar-refractivity contribution >= 4 is 45.6 Å². The Balaban J connectivity index is 1.00. The average molecular weight is 650 g/mol. The highest BCUT2D eigenvalue weighted by molar-refractivity contribution is 6.06. The van der Waals surface area contributed by atoms with Gasteiger partial charge in [0.25, 0.3) is 11.8 Å². The average Bonchev–Trinajstić information content (AvgIpc) is 3.13. The number of aryl methyl sites for hydroxylation is 1. The summed E-state index contributed by atoms with van der Waals surface area (Å²) in [5.74, 6) is 0.664. The fraction of sp³-hybridized carbons (Fsp3) is 0.225. The van der Waals surface area contributed by atoms with Crippen LogP contribution in [0.25, 0.3) is 16.5 Å². The number of benzene rings is 3. The molecule has 9 nitrogen and oxygen atoms in total. The summed E-state index contributed by atoms with van der Waals surface area (Å²) in [5.41, 5.74) is 7.48. The molecule has 3 aromatic carbocycles. The maximum absolute atomic E-state index is 13.4. The number of carbonyl (C=O) groups is 2. The summed E-state index contributed by atoms with van der Waals surface area (Å²) in [7, 11) is 0. The normalized spacial score (nSPS) is 16.3. The summed E-state index contributed by atoms with van der Waals surface area (Å²) in [6.45, 7) is 7.84. The van der Waals surface area contributed by atoms with Gasteiger partial charge in [-0.15, -0.1) is 0 Å². The summed E-state index contributed by atoms with van der Waals surface area (Å²) in [6.07, 6.45) is 11.0. The van der Waals surface area contributed by atoms with E-state index in [9.17, 15) is 9.59 Å². The predicted octanol–water partition coefficient (Wildman–Crippen LogP) is 7.27. The molecule has 7 rings (SSSR count). The number of allylic oxidation sites excluding steroid dienone is 4. The molecule has 1 aliphatic heterocycles. The van der Waals surface area contributed by atoms with E-state index < -0.39 is 0 Å². The molecule has 49 heavy (non-hydrogen) atoms. The van der Waals surface area contributed by atoms with Gasteiger partial charge in [0, 0.05) is 73.0 Å². The summed E-state index contributed by atoms with van der Waals surface area (Å²) >= 11 is 0. The van der Waals surface area contributed by atoms with Crippen LogP contribution in [-0.4, -0.2) is 62.7 Å². The third-order valence-corrected chi connectivity index (χ3v) is 9.11. The minimum Gasteiger partial charge on any atom is -0.336 e. The van der Waals surface area contributed by atoms with Crippen molar-refractivity contribution in [2.45, 2.75) is 26.8 Å². The van der Waals surface area contributed by atoms with Crippen molar-refractivity contribution in [2.75, 3.05) is 36.8 Å². The van der Waals surface area contributed by atoms with Crippen molar-refractivity contribution in [3.8, 4) is 0 Å². The smallest absolute Gasteiger partial charge is 0.255 e. The number of anilines is 3. The first kappa shape index (κ1) is 31.9. The van der Waals surface area contributed by atoms with Gasteiger partial charge in [-0.2, -0.15) is 0 Å². The molecule has 5 aromatic rings. The van der Waals surface area contributed by atoms with E-state index in [1.807, 2.05) is 66.6 Å². The maximum atomic E-state index is 13.4. The van der Waals surface area contributed by atoms with E-state index in [1.165, 1.54) is 11.1 Å². The Hall–Kier alpha value is -5.67. The van der Waals surface area contributed by atoms with Crippen LogP contribution in [0.2, 0.25) is 0 Å². The van der Waals surface area contributed by atoms with Gasteiger partial charge in [0.2, 0.25) is 5.95 Å². The molecule has 2 N–H and O–H groups in total. The van der Waals surface area contributed by atoms with Crippen molar-refractivity contribution < 1.29 is 9.59 Å². The molecule has 1 atom stereocenters. The minimum atomic E-state index is -0.251. The molecule has 0 saturated carbocycles. The quantitative estimate of drug-likeness (QED) is 0.182. The molecule has 1 aliphatic carbocycles. The van der Waals surface area contributed by atoms with E-state index in [0.717, 1.165) is 53.9 Å². The molecular weight excluding hydrogens is 610 g/mol. The maximum Gasteiger partial charge on any atom is 0.255 e. The zero-order chi connectivity index (χ0) is 33.7. The molecular formula is C40H39N7O2. The summed E-state index contributed by atoms with van der Waals surface area (Å²) < 4.78 is 0. The van der Waals surface area contributed by atoms with Gasteiger partial charge in [-0.05, 0) is 84.5 Å². The SMILES string of the molecule is Cc1ccc(C(=O)N2CCN(Cc3cccnc3)CC2)cc1NC(=O)c1ccc(Nc2nc(C3=CC=CC(C)C3)c3ccccc3n2)cc1. The second-order valence-corrected chi connectivity index (χ2v) is 12.8. The number of amides is 2. The van der Waals surface area contributed by atoms with Crippen molar-refractivity contribution in [3.05, 3.63) is 137 Å². The fourth-order valence-corrected chi connectivity index (χ4v) is 6.36. The van der Waals surface area contributed by atoms with Crippen molar-refractivity contribution in [2.24, 2.45) is 5.92 Å². The van der Waals surface area contributed by atoms with E-state index in [2.05, 4.69) is 57.8 Å². The largest absolute Gasteiger partial charge is 0.336 e. The molecule has 0 spiro atoms. The van der Waals surface area contributed by atoms with Crippen LogP contribution in [0.5, 0.6) is 0 Å². The van der Waals surface area contributed by atoms with Gasteiger partial charge in [-0.25, -0.2) is 9.97 Å². The lowest BCUT2D eigenvalue weighted by Gasteiger charge is -2.34. The first-order valence-corrected chi connectivity index (χ1v) is 16.7. The number of aromatic nitrogens is 3. The second-order valence-electron chi connectivity index (χ2n) is 12.8. The highest BCUT2D eigenvalue weighted by Crippen LogP contribution is 2.31. The third kappa shape index (κ3) is 7.42. The topological polar surface area (TPSA) is 103 Å². The molecule has 0 radical (unpaired) electrons. The van der Waals surface area contributed by atoms with Crippen LogP contribution >= 0.6 is 0 Å². The Kier molecular flexibility index (Phi) is 9.25. The standard InChI is InChI=1S/C40H39N7O2/c1-27-7-5-9-31(23-27)37-34-10-3-4-11-35(34)44-40(45-37)42-33-16-14-30(15-17-33)38(48)43-36-24-32(13-12-28(36)2)39(49)47-21-19-46(20-22-47)26-29-8-6-18-41-25-29/h3-18,24-25,27H,19-23,26H2,1-2H3,(H,43,48)(H,42,44,45).